The predicted octanol–water partition coefficient (Wildman–Crippen LogP) is 4.20. The van der Waals surface area contributed by atoms with Gasteiger partial charge in [-0.15, -0.1) is 0 Å². The molecule has 0 radical (unpaired) electrons. The molecule has 0 aromatic heterocycles. The Morgan fingerprint density at radius 3 is 1.30 bits per heavy atom. The van der Waals surface area contributed by atoms with Gasteiger partial charge in [-0.3, -0.25) is 0 Å². The summed E-state index contributed by atoms with van der Waals surface area (Å²) < 4.78 is 0. The quantitative estimate of drug-likeness (QED) is 0.528. The predicted molar refractivity (Wildman–Crippen MR) is 84.9 cm³/mol. The molecule has 0 saturated heterocycles. The van der Waals surface area contributed by atoms with Crippen LogP contribution in [-0.4, -0.2) is 0 Å². The first kappa shape index (κ1) is 13.5. The van der Waals surface area contributed by atoms with E-state index in [2.05, 4.69) is 36.8 Å². The van der Waals surface area contributed by atoms with E-state index in [1.165, 1.54) is 0 Å². The Hall–Kier alpha value is -2.96. The minimum absolute atomic E-state index is 0.650. The summed E-state index contributed by atoms with van der Waals surface area (Å²) in [6, 6.07) is 19.6. The summed E-state index contributed by atoms with van der Waals surface area (Å²) >= 11 is 0. The lowest BCUT2D eigenvalue weighted by Crippen LogP contribution is -1.81. The summed E-state index contributed by atoms with van der Waals surface area (Å²) in [6.07, 6.45) is 0. The van der Waals surface area contributed by atoms with Crippen LogP contribution in [0.2, 0.25) is 0 Å². The van der Waals surface area contributed by atoms with Gasteiger partial charge >= 0.3 is 0 Å². The van der Waals surface area contributed by atoms with Crippen molar-refractivity contribution in [2.75, 3.05) is 0 Å². The standard InChI is InChI=1S/C20H14/c1-17(13-15-19-9-5-3-6-10-19)18(2)14-16-20-11-7-4-8-12-20/h3-12H,1-2H2. The molecule has 0 amide bonds. The smallest absolute Gasteiger partial charge is 0.0327 e. The first-order chi connectivity index (χ1) is 9.75. The van der Waals surface area contributed by atoms with E-state index >= 15 is 0 Å². The normalized spacial score (nSPS) is 8.60. The fourth-order valence-corrected chi connectivity index (χ4v) is 1.49. The van der Waals surface area contributed by atoms with E-state index in [0.717, 1.165) is 11.1 Å². The lowest BCUT2D eigenvalue weighted by atomic mass is 10.1. The van der Waals surface area contributed by atoms with Gasteiger partial charge in [-0.2, -0.15) is 0 Å². The van der Waals surface area contributed by atoms with Crippen molar-refractivity contribution in [3.63, 3.8) is 0 Å². The second kappa shape index (κ2) is 6.83. The van der Waals surface area contributed by atoms with Gasteiger partial charge in [0.05, 0.1) is 0 Å². The van der Waals surface area contributed by atoms with Crippen LogP contribution in [0.1, 0.15) is 11.1 Å². The van der Waals surface area contributed by atoms with Crippen LogP contribution in [0.5, 0.6) is 0 Å². The molecule has 0 unspecified atom stereocenters. The molecule has 0 heterocycles. The highest BCUT2D eigenvalue weighted by atomic mass is 13.9. The third-order valence-electron chi connectivity index (χ3n) is 2.63. The molecule has 0 fully saturated rings. The fourth-order valence-electron chi connectivity index (χ4n) is 1.49. The Morgan fingerprint density at radius 2 is 0.950 bits per heavy atom. The molecule has 20 heavy (non-hydrogen) atoms. The maximum absolute atomic E-state index is 3.91. The molecule has 0 atom stereocenters. The van der Waals surface area contributed by atoms with E-state index in [0.29, 0.717) is 11.1 Å². The molecule has 94 valence electrons. The molecule has 0 aliphatic carbocycles. The summed E-state index contributed by atoms with van der Waals surface area (Å²) in [5.74, 6) is 12.1. The van der Waals surface area contributed by atoms with E-state index < -0.39 is 0 Å². The Labute approximate surface area is 120 Å². The van der Waals surface area contributed by atoms with Crippen LogP contribution in [-0.2, 0) is 0 Å². The second-order valence-corrected chi connectivity index (χ2v) is 4.19. The lowest BCUT2D eigenvalue weighted by Gasteiger charge is -1.93. The molecular formula is C20H14. The van der Waals surface area contributed by atoms with Gasteiger partial charge in [-0.25, -0.2) is 0 Å². The van der Waals surface area contributed by atoms with Gasteiger partial charge in [0.25, 0.3) is 0 Å². The molecule has 0 nitrogen and oxygen atoms in total. The van der Waals surface area contributed by atoms with Crippen molar-refractivity contribution in [1.29, 1.82) is 0 Å². The number of hydrogen-bond donors (Lipinski definition) is 0. The van der Waals surface area contributed by atoms with Gasteiger partial charge in [0.15, 0.2) is 0 Å². The molecule has 0 N–H and O–H groups in total. The zero-order valence-corrected chi connectivity index (χ0v) is 11.2. The van der Waals surface area contributed by atoms with Gasteiger partial charge in [-0.1, -0.05) is 73.2 Å². The summed E-state index contributed by atoms with van der Waals surface area (Å²) in [4.78, 5) is 0. The number of hydrogen-bond acceptors (Lipinski definition) is 0. The molecule has 0 spiro atoms. The van der Waals surface area contributed by atoms with Crippen molar-refractivity contribution in [2.45, 2.75) is 0 Å². The minimum Gasteiger partial charge on any atom is -0.0820 e. The monoisotopic (exact) mass is 254 g/mol. The molecule has 0 saturated carbocycles. The highest BCUT2D eigenvalue weighted by molar-refractivity contribution is 5.55. The maximum atomic E-state index is 3.91. The highest BCUT2D eigenvalue weighted by Gasteiger charge is 1.92. The van der Waals surface area contributed by atoms with Crippen LogP contribution < -0.4 is 0 Å². The van der Waals surface area contributed by atoms with Crippen LogP contribution in [0.3, 0.4) is 0 Å². The Kier molecular flexibility index (Phi) is 4.60. The first-order valence-electron chi connectivity index (χ1n) is 6.28. The van der Waals surface area contributed by atoms with E-state index in [1.54, 1.807) is 0 Å². The van der Waals surface area contributed by atoms with E-state index in [-0.39, 0.29) is 0 Å². The van der Waals surface area contributed by atoms with Crippen molar-refractivity contribution >= 4 is 0 Å². The Bertz CT molecular complexity index is 659. The van der Waals surface area contributed by atoms with Gasteiger partial charge in [0, 0.05) is 22.3 Å². The number of allylic oxidation sites excluding steroid dienone is 2. The van der Waals surface area contributed by atoms with Crippen LogP contribution >= 0.6 is 0 Å². The zero-order chi connectivity index (χ0) is 14.2. The van der Waals surface area contributed by atoms with E-state index in [1.807, 2.05) is 60.7 Å². The average molecular weight is 254 g/mol. The third-order valence-corrected chi connectivity index (χ3v) is 2.63. The summed E-state index contributed by atoms with van der Waals surface area (Å²) in [7, 11) is 0. The van der Waals surface area contributed by atoms with Crippen molar-refractivity contribution < 1.29 is 0 Å². The molecule has 0 bridgehead atoms. The van der Waals surface area contributed by atoms with Crippen molar-refractivity contribution in [3.05, 3.63) is 96.1 Å². The van der Waals surface area contributed by atoms with Crippen molar-refractivity contribution in [3.8, 4) is 23.7 Å². The fraction of sp³-hybridized carbons (Fsp3) is 0. The topological polar surface area (TPSA) is 0 Å². The molecular weight excluding hydrogens is 240 g/mol. The van der Waals surface area contributed by atoms with E-state index in [9.17, 15) is 0 Å². The highest BCUT2D eigenvalue weighted by Crippen LogP contribution is 2.04. The van der Waals surface area contributed by atoms with Crippen LogP contribution in [0.15, 0.2) is 85.0 Å². The average Bonchev–Trinajstić information content (AvgIpc) is 2.52. The summed E-state index contributed by atoms with van der Waals surface area (Å²) in [5, 5.41) is 0. The van der Waals surface area contributed by atoms with Gasteiger partial charge in [-0.05, 0) is 24.3 Å². The van der Waals surface area contributed by atoms with Crippen LogP contribution in [0.25, 0.3) is 0 Å². The maximum Gasteiger partial charge on any atom is 0.0327 e. The SMILES string of the molecule is C=C(C#Cc1ccccc1)C(=C)C#Cc1ccccc1. The molecule has 0 aliphatic rings. The third kappa shape index (κ3) is 4.05. The summed E-state index contributed by atoms with van der Waals surface area (Å²) in [5.41, 5.74) is 3.21. The largest absolute Gasteiger partial charge is 0.0820 e. The molecule has 2 rings (SSSR count). The Balaban J connectivity index is 2.06. The summed E-state index contributed by atoms with van der Waals surface area (Å²) in [6.45, 7) is 7.81. The van der Waals surface area contributed by atoms with Gasteiger partial charge < -0.3 is 0 Å². The molecule has 0 heteroatoms. The van der Waals surface area contributed by atoms with Crippen molar-refractivity contribution in [2.24, 2.45) is 0 Å². The zero-order valence-electron chi connectivity index (χ0n) is 11.2. The van der Waals surface area contributed by atoms with Crippen LogP contribution in [0.4, 0.5) is 0 Å². The minimum atomic E-state index is 0.650. The Morgan fingerprint density at radius 1 is 0.600 bits per heavy atom. The number of benzene rings is 2. The molecule has 0 aliphatic heterocycles. The number of rotatable bonds is 1. The first-order valence-corrected chi connectivity index (χ1v) is 6.28. The second-order valence-electron chi connectivity index (χ2n) is 4.19. The van der Waals surface area contributed by atoms with Crippen molar-refractivity contribution in [1.82, 2.24) is 0 Å². The van der Waals surface area contributed by atoms with Gasteiger partial charge in [0.1, 0.15) is 0 Å². The van der Waals surface area contributed by atoms with Crippen LogP contribution in [0, 0.1) is 23.7 Å². The molecule has 2 aromatic carbocycles. The van der Waals surface area contributed by atoms with Gasteiger partial charge in [0.2, 0.25) is 0 Å². The molecule has 2 aromatic rings. The lowest BCUT2D eigenvalue weighted by molar-refractivity contribution is 1.63. The van der Waals surface area contributed by atoms with E-state index in [4.69, 9.17) is 0 Å².